The highest BCUT2D eigenvalue weighted by atomic mass is 16.4. The third-order valence-electron chi connectivity index (χ3n) is 3.30. The Labute approximate surface area is 117 Å². The van der Waals surface area contributed by atoms with Gasteiger partial charge < -0.3 is 9.67 Å². The molecule has 0 aliphatic carbocycles. The van der Waals surface area contributed by atoms with Crippen LogP contribution in [-0.4, -0.2) is 15.6 Å². The van der Waals surface area contributed by atoms with Crippen LogP contribution in [0.1, 0.15) is 23.2 Å². The second-order valence-electron chi connectivity index (χ2n) is 4.85. The maximum atomic E-state index is 11.9. The lowest BCUT2D eigenvalue weighted by atomic mass is 10.1. The summed E-state index contributed by atoms with van der Waals surface area (Å²) in [4.78, 5) is 22.6. The van der Waals surface area contributed by atoms with Crippen molar-refractivity contribution >= 4 is 5.97 Å². The van der Waals surface area contributed by atoms with Crippen molar-refractivity contribution in [2.45, 2.75) is 26.7 Å². The molecule has 0 spiro atoms. The predicted octanol–water partition coefficient (Wildman–Crippen LogP) is 2.47. The second kappa shape index (κ2) is 5.74. The SMILES string of the molecule is Cc1ccccc1-n1cc(CCC(=O)O)c(=O)cc1C. The van der Waals surface area contributed by atoms with Crippen LogP contribution in [0.25, 0.3) is 5.69 Å². The van der Waals surface area contributed by atoms with Crippen molar-refractivity contribution in [3.05, 3.63) is 63.6 Å². The quantitative estimate of drug-likeness (QED) is 0.929. The lowest BCUT2D eigenvalue weighted by Gasteiger charge is -2.14. The highest BCUT2D eigenvalue weighted by Crippen LogP contribution is 2.15. The molecule has 0 aliphatic rings. The molecule has 1 heterocycles. The van der Waals surface area contributed by atoms with E-state index in [2.05, 4.69) is 0 Å². The van der Waals surface area contributed by atoms with E-state index >= 15 is 0 Å². The van der Waals surface area contributed by atoms with Gasteiger partial charge in [-0.25, -0.2) is 0 Å². The molecule has 4 heteroatoms. The summed E-state index contributed by atoms with van der Waals surface area (Å²) in [5.74, 6) is -0.896. The number of pyridine rings is 1. The largest absolute Gasteiger partial charge is 0.481 e. The molecule has 20 heavy (non-hydrogen) atoms. The highest BCUT2D eigenvalue weighted by Gasteiger charge is 2.08. The van der Waals surface area contributed by atoms with Gasteiger partial charge in [0.2, 0.25) is 0 Å². The van der Waals surface area contributed by atoms with Gasteiger partial charge in [-0.2, -0.15) is 0 Å². The lowest BCUT2D eigenvalue weighted by molar-refractivity contribution is -0.136. The van der Waals surface area contributed by atoms with Gasteiger partial charge in [-0.3, -0.25) is 9.59 Å². The van der Waals surface area contributed by atoms with Crippen LogP contribution in [0.3, 0.4) is 0 Å². The summed E-state index contributed by atoms with van der Waals surface area (Å²) in [6.45, 7) is 3.87. The molecule has 4 nitrogen and oxygen atoms in total. The van der Waals surface area contributed by atoms with E-state index in [0.29, 0.717) is 5.56 Å². The molecule has 0 radical (unpaired) electrons. The van der Waals surface area contributed by atoms with Gasteiger partial charge >= 0.3 is 5.97 Å². The van der Waals surface area contributed by atoms with Crippen molar-refractivity contribution in [1.29, 1.82) is 0 Å². The van der Waals surface area contributed by atoms with E-state index in [-0.39, 0.29) is 18.3 Å². The van der Waals surface area contributed by atoms with Crippen LogP contribution in [0.4, 0.5) is 0 Å². The summed E-state index contributed by atoms with van der Waals surface area (Å²) in [5, 5.41) is 8.74. The zero-order chi connectivity index (χ0) is 14.7. The number of benzene rings is 1. The van der Waals surface area contributed by atoms with Gasteiger partial charge in [0.25, 0.3) is 0 Å². The fourth-order valence-electron chi connectivity index (χ4n) is 2.20. The van der Waals surface area contributed by atoms with E-state index in [1.807, 2.05) is 42.7 Å². The lowest BCUT2D eigenvalue weighted by Crippen LogP contribution is -2.15. The smallest absolute Gasteiger partial charge is 0.303 e. The van der Waals surface area contributed by atoms with Crippen molar-refractivity contribution in [2.75, 3.05) is 0 Å². The van der Waals surface area contributed by atoms with E-state index in [4.69, 9.17) is 5.11 Å². The second-order valence-corrected chi connectivity index (χ2v) is 4.85. The Morgan fingerprint density at radius 3 is 2.60 bits per heavy atom. The average molecular weight is 271 g/mol. The van der Waals surface area contributed by atoms with Gasteiger partial charge in [-0.15, -0.1) is 0 Å². The van der Waals surface area contributed by atoms with Crippen LogP contribution in [-0.2, 0) is 11.2 Å². The first kappa shape index (κ1) is 14.1. The van der Waals surface area contributed by atoms with Crippen LogP contribution in [0, 0.1) is 13.8 Å². The Kier molecular flexibility index (Phi) is 4.03. The molecule has 0 amide bonds. The molecule has 0 aliphatic heterocycles. The Morgan fingerprint density at radius 2 is 1.95 bits per heavy atom. The number of carboxylic acid groups (broad SMARTS) is 1. The van der Waals surface area contributed by atoms with Crippen molar-refractivity contribution in [2.24, 2.45) is 0 Å². The normalized spacial score (nSPS) is 10.5. The van der Waals surface area contributed by atoms with Crippen LogP contribution >= 0.6 is 0 Å². The van der Waals surface area contributed by atoms with Gasteiger partial charge in [0, 0.05) is 35.6 Å². The van der Waals surface area contributed by atoms with Crippen molar-refractivity contribution in [3.8, 4) is 5.69 Å². The molecule has 2 rings (SSSR count). The molecule has 0 bridgehead atoms. The zero-order valence-electron chi connectivity index (χ0n) is 11.6. The van der Waals surface area contributed by atoms with Crippen molar-refractivity contribution in [3.63, 3.8) is 0 Å². The predicted molar refractivity (Wildman–Crippen MR) is 77.5 cm³/mol. The van der Waals surface area contributed by atoms with E-state index in [1.54, 1.807) is 12.3 Å². The highest BCUT2D eigenvalue weighted by molar-refractivity contribution is 5.67. The number of aryl methyl sites for hydroxylation is 3. The van der Waals surface area contributed by atoms with Crippen LogP contribution < -0.4 is 5.43 Å². The third-order valence-corrected chi connectivity index (χ3v) is 3.30. The number of para-hydroxylation sites is 1. The summed E-state index contributed by atoms with van der Waals surface area (Å²) in [5.41, 5.74) is 3.36. The first-order valence-corrected chi connectivity index (χ1v) is 6.49. The fraction of sp³-hybridized carbons (Fsp3) is 0.250. The Balaban J connectivity index is 2.49. The summed E-state index contributed by atoms with van der Waals surface area (Å²) >= 11 is 0. The maximum absolute atomic E-state index is 11.9. The van der Waals surface area contributed by atoms with Gasteiger partial charge in [-0.1, -0.05) is 18.2 Å². The minimum atomic E-state index is -0.896. The Hall–Kier alpha value is -2.36. The minimum absolute atomic E-state index is 0.0356. The molecule has 0 saturated heterocycles. The molecule has 0 saturated carbocycles. The van der Waals surface area contributed by atoms with Crippen LogP contribution in [0.2, 0.25) is 0 Å². The molecule has 1 aromatic heterocycles. The van der Waals surface area contributed by atoms with E-state index in [9.17, 15) is 9.59 Å². The molecule has 1 aromatic carbocycles. The monoisotopic (exact) mass is 271 g/mol. The molecular weight excluding hydrogens is 254 g/mol. The topological polar surface area (TPSA) is 59.3 Å². The molecule has 2 aromatic rings. The number of rotatable bonds is 4. The maximum Gasteiger partial charge on any atom is 0.303 e. The number of hydrogen-bond donors (Lipinski definition) is 1. The number of carboxylic acids is 1. The van der Waals surface area contributed by atoms with E-state index in [0.717, 1.165) is 16.9 Å². The zero-order valence-corrected chi connectivity index (χ0v) is 11.6. The van der Waals surface area contributed by atoms with Crippen LogP contribution in [0.15, 0.2) is 41.3 Å². The molecule has 0 unspecified atom stereocenters. The summed E-state index contributed by atoms with van der Waals surface area (Å²) in [7, 11) is 0. The van der Waals surface area contributed by atoms with Gasteiger partial charge in [0.1, 0.15) is 0 Å². The van der Waals surface area contributed by atoms with Gasteiger partial charge in [0.15, 0.2) is 5.43 Å². The number of aromatic nitrogens is 1. The molecule has 104 valence electrons. The molecule has 0 fully saturated rings. The number of hydrogen-bond acceptors (Lipinski definition) is 2. The number of aliphatic carboxylic acids is 1. The summed E-state index contributed by atoms with van der Waals surface area (Å²) in [6.07, 6.45) is 1.97. The number of nitrogens with zero attached hydrogens (tertiary/aromatic N) is 1. The van der Waals surface area contributed by atoms with Gasteiger partial charge in [-0.05, 0) is 31.9 Å². The first-order chi connectivity index (χ1) is 9.49. The van der Waals surface area contributed by atoms with Crippen molar-refractivity contribution < 1.29 is 9.90 Å². The van der Waals surface area contributed by atoms with E-state index < -0.39 is 5.97 Å². The van der Waals surface area contributed by atoms with E-state index in [1.165, 1.54) is 0 Å². The molecular formula is C16H17NO3. The van der Waals surface area contributed by atoms with Gasteiger partial charge in [0.05, 0.1) is 0 Å². The molecule has 0 atom stereocenters. The first-order valence-electron chi connectivity index (χ1n) is 6.49. The standard InChI is InChI=1S/C16H17NO3/c1-11-5-3-4-6-14(11)17-10-13(7-8-16(19)20)15(18)9-12(17)2/h3-6,9-10H,7-8H2,1-2H3,(H,19,20). The average Bonchev–Trinajstić information content (AvgIpc) is 2.39. The minimum Gasteiger partial charge on any atom is -0.481 e. The fourth-order valence-corrected chi connectivity index (χ4v) is 2.20. The Morgan fingerprint density at radius 1 is 1.25 bits per heavy atom. The summed E-state index contributed by atoms with van der Waals surface area (Å²) in [6, 6.07) is 9.44. The third kappa shape index (κ3) is 2.96. The summed E-state index contributed by atoms with van der Waals surface area (Å²) < 4.78 is 1.94. The Bertz CT molecular complexity index is 701. The molecule has 1 N–H and O–H groups in total. The van der Waals surface area contributed by atoms with Crippen molar-refractivity contribution in [1.82, 2.24) is 4.57 Å². The number of carbonyl (C=O) groups is 1. The van der Waals surface area contributed by atoms with Crippen LogP contribution in [0.5, 0.6) is 0 Å².